The highest BCUT2D eigenvalue weighted by Gasteiger charge is 2.52. The molecule has 0 amide bonds. The summed E-state index contributed by atoms with van der Waals surface area (Å²) in [6.45, 7) is 7.92. The average molecular weight is 367 g/mol. The van der Waals surface area contributed by atoms with Gasteiger partial charge in [0.05, 0.1) is 16.9 Å². The summed E-state index contributed by atoms with van der Waals surface area (Å²) in [6.07, 6.45) is 12.4. The predicted molar refractivity (Wildman–Crippen MR) is 103 cm³/mol. The topological polar surface area (TPSA) is 49.2 Å². The third kappa shape index (κ3) is 3.97. The van der Waals surface area contributed by atoms with Crippen LogP contribution in [0.3, 0.4) is 0 Å². The van der Waals surface area contributed by atoms with Gasteiger partial charge in [-0.15, -0.1) is 6.42 Å². The molecule has 2 aromatic rings. The zero-order valence-electron chi connectivity index (χ0n) is 16.1. The van der Waals surface area contributed by atoms with Gasteiger partial charge in [-0.3, -0.25) is 9.67 Å². The van der Waals surface area contributed by atoms with E-state index in [1.165, 1.54) is 6.08 Å². The maximum Gasteiger partial charge on any atom is 0.524 e. The smallest absolute Gasteiger partial charge is 0.398 e. The lowest BCUT2D eigenvalue weighted by Crippen LogP contribution is -2.41. The fourth-order valence-electron chi connectivity index (χ4n) is 2.79. The van der Waals surface area contributed by atoms with Crippen LogP contribution in [-0.4, -0.2) is 33.1 Å². The van der Waals surface area contributed by atoms with Gasteiger partial charge in [0.15, 0.2) is 0 Å². The minimum atomic E-state index is -1.00. The van der Waals surface area contributed by atoms with Gasteiger partial charge in [-0.05, 0) is 46.2 Å². The molecule has 27 heavy (non-hydrogen) atoms. The van der Waals surface area contributed by atoms with Crippen LogP contribution in [0.5, 0.6) is 0 Å². The van der Waals surface area contributed by atoms with Gasteiger partial charge in [0.25, 0.3) is 0 Å². The molecule has 0 unspecified atom stereocenters. The Morgan fingerprint density at radius 3 is 2.63 bits per heavy atom. The number of nitrogens with zero attached hydrogens (tertiary/aromatic N) is 3. The molecule has 0 bridgehead atoms. The number of allylic oxidation sites excluding steroid dienone is 1. The molecular weight excluding hydrogens is 344 g/mol. The van der Waals surface area contributed by atoms with E-state index < -0.39 is 24.0 Å². The van der Waals surface area contributed by atoms with Crippen LogP contribution in [0.2, 0.25) is 0 Å². The largest absolute Gasteiger partial charge is 0.524 e. The van der Waals surface area contributed by atoms with Crippen molar-refractivity contribution >= 4 is 7.12 Å². The lowest BCUT2D eigenvalue weighted by atomic mass is 9.87. The minimum Gasteiger partial charge on any atom is -0.398 e. The highest BCUT2D eigenvalue weighted by molar-refractivity contribution is 6.53. The van der Waals surface area contributed by atoms with E-state index in [0.717, 1.165) is 16.8 Å². The molecule has 7 heteroatoms. The molecule has 1 aliphatic heterocycles. The Kier molecular flexibility index (Phi) is 5.23. The van der Waals surface area contributed by atoms with Gasteiger partial charge in [0.2, 0.25) is 0 Å². The molecule has 1 fully saturated rings. The molecule has 0 saturated carbocycles. The molecule has 3 heterocycles. The van der Waals surface area contributed by atoms with E-state index in [0.29, 0.717) is 13.0 Å². The number of pyridine rings is 1. The number of hydrogen-bond donors (Lipinski definition) is 0. The van der Waals surface area contributed by atoms with Gasteiger partial charge < -0.3 is 9.31 Å². The van der Waals surface area contributed by atoms with Crippen molar-refractivity contribution in [1.82, 2.24) is 14.8 Å². The summed E-state index contributed by atoms with van der Waals surface area (Å²) in [5.74, 6) is 2.56. The summed E-state index contributed by atoms with van der Waals surface area (Å²) in [7, 11) is -1.00. The monoisotopic (exact) mass is 367 g/mol. The van der Waals surface area contributed by atoms with Crippen LogP contribution >= 0.6 is 0 Å². The molecule has 0 spiro atoms. The Bertz CT molecular complexity index is 868. The van der Waals surface area contributed by atoms with E-state index in [1.54, 1.807) is 17.1 Å². The second-order valence-corrected chi connectivity index (χ2v) is 7.53. The van der Waals surface area contributed by atoms with Crippen molar-refractivity contribution in [1.29, 1.82) is 0 Å². The van der Waals surface area contributed by atoms with Crippen molar-refractivity contribution in [2.45, 2.75) is 51.9 Å². The molecule has 0 atom stereocenters. The fraction of sp³-hybridized carbons (Fsp3) is 0.400. The Morgan fingerprint density at radius 1 is 1.33 bits per heavy atom. The Morgan fingerprint density at radius 2 is 2.04 bits per heavy atom. The molecule has 0 aromatic carbocycles. The Balaban J connectivity index is 1.83. The normalized spacial score (nSPS) is 18.5. The quantitative estimate of drug-likeness (QED) is 0.599. The van der Waals surface area contributed by atoms with E-state index in [9.17, 15) is 4.39 Å². The van der Waals surface area contributed by atoms with E-state index in [-0.39, 0.29) is 0 Å². The van der Waals surface area contributed by atoms with Crippen molar-refractivity contribution in [3.8, 4) is 23.6 Å². The van der Waals surface area contributed by atoms with E-state index in [4.69, 9.17) is 15.7 Å². The molecule has 1 saturated heterocycles. The van der Waals surface area contributed by atoms with Crippen molar-refractivity contribution < 1.29 is 13.7 Å². The SMILES string of the molecule is C#CCn1cc(CC=C(F)B2OC(C)(C)C(C)(C)O2)c(-c2cccnc2)n1. The van der Waals surface area contributed by atoms with Gasteiger partial charge in [-0.25, -0.2) is 4.39 Å². The number of halogens is 1. The summed E-state index contributed by atoms with van der Waals surface area (Å²) in [4.78, 5) is 4.13. The van der Waals surface area contributed by atoms with Crippen LogP contribution in [-0.2, 0) is 22.3 Å². The Hall–Kier alpha value is -2.43. The van der Waals surface area contributed by atoms with Crippen molar-refractivity contribution in [2.24, 2.45) is 0 Å². The number of rotatable bonds is 5. The maximum atomic E-state index is 14.7. The lowest BCUT2D eigenvalue weighted by Gasteiger charge is -2.32. The van der Waals surface area contributed by atoms with Crippen LogP contribution in [0.4, 0.5) is 4.39 Å². The summed E-state index contributed by atoms with van der Waals surface area (Å²) in [6, 6.07) is 3.74. The van der Waals surface area contributed by atoms with Crippen molar-refractivity contribution in [3.63, 3.8) is 0 Å². The second-order valence-electron chi connectivity index (χ2n) is 7.53. The minimum absolute atomic E-state index is 0.338. The number of hydrogen-bond acceptors (Lipinski definition) is 4. The molecule has 0 radical (unpaired) electrons. The van der Waals surface area contributed by atoms with Gasteiger partial charge in [0.1, 0.15) is 12.3 Å². The molecule has 140 valence electrons. The molecule has 3 rings (SSSR count). The first kappa shape index (κ1) is 19.3. The second kappa shape index (κ2) is 7.30. The first-order valence-electron chi connectivity index (χ1n) is 8.85. The summed E-state index contributed by atoms with van der Waals surface area (Å²) in [5.41, 5.74) is 0.826. The molecule has 5 nitrogen and oxygen atoms in total. The summed E-state index contributed by atoms with van der Waals surface area (Å²) in [5, 5.41) is 4.51. The predicted octanol–water partition coefficient (Wildman–Crippen LogP) is 3.61. The fourth-order valence-corrected chi connectivity index (χ4v) is 2.79. The molecule has 1 aliphatic rings. The maximum absolute atomic E-state index is 14.7. The van der Waals surface area contributed by atoms with Crippen LogP contribution in [0.15, 0.2) is 42.5 Å². The van der Waals surface area contributed by atoms with E-state index in [2.05, 4.69) is 16.0 Å². The van der Waals surface area contributed by atoms with Gasteiger partial charge >= 0.3 is 7.12 Å². The van der Waals surface area contributed by atoms with Crippen molar-refractivity contribution in [3.05, 3.63) is 48.1 Å². The van der Waals surface area contributed by atoms with Gasteiger partial charge in [0, 0.05) is 29.7 Å². The van der Waals surface area contributed by atoms with Crippen molar-refractivity contribution in [2.75, 3.05) is 0 Å². The first-order valence-corrected chi connectivity index (χ1v) is 8.85. The van der Waals surface area contributed by atoms with Crippen LogP contribution in [0, 0.1) is 12.3 Å². The summed E-state index contributed by atoms with van der Waals surface area (Å²) >= 11 is 0. The third-order valence-electron chi connectivity index (χ3n) is 5.02. The molecular formula is C20H23BFN3O2. The number of terminal acetylenes is 1. The van der Waals surface area contributed by atoms with Crippen LogP contribution in [0.1, 0.15) is 33.3 Å². The van der Waals surface area contributed by atoms with E-state index >= 15 is 0 Å². The highest BCUT2D eigenvalue weighted by Crippen LogP contribution is 2.38. The van der Waals surface area contributed by atoms with Crippen LogP contribution < -0.4 is 0 Å². The van der Waals surface area contributed by atoms with E-state index in [1.807, 2.05) is 46.0 Å². The highest BCUT2D eigenvalue weighted by atomic mass is 19.1. The molecule has 0 aliphatic carbocycles. The number of aromatic nitrogens is 3. The average Bonchev–Trinajstić information content (AvgIpc) is 3.11. The third-order valence-corrected chi connectivity index (χ3v) is 5.02. The van der Waals surface area contributed by atoms with Crippen LogP contribution in [0.25, 0.3) is 11.3 Å². The zero-order valence-corrected chi connectivity index (χ0v) is 16.1. The van der Waals surface area contributed by atoms with Gasteiger partial charge in [-0.1, -0.05) is 12.0 Å². The standard InChI is InChI=1S/C20H23BFN3O2/c1-6-12-25-14-16(18(24-25)15-8-7-11-23-13-15)9-10-17(22)21-26-19(2,3)20(4,5)27-21/h1,7-8,10-11,13-14H,9,12H2,2-5H3. The summed E-state index contributed by atoms with van der Waals surface area (Å²) < 4.78 is 27.9. The Labute approximate surface area is 159 Å². The molecule has 0 N–H and O–H groups in total. The first-order chi connectivity index (χ1) is 12.7. The van der Waals surface area contributed by atoms with Gasteiger partial charge in [-0.2, -0.15) is 5.10 Å². The lowest BCUT2D eigenvalue weighted by molar-refractivity contribution is 0.00578. The molecule has 2 aromatic heterocycles. The zero-order chi connectivity index (χ0) is 19.7.